The molecule has 1 aromatic carbocycles. The number of benzene rings is 1. The van der Waals surface area contributed by atoms with E-state index in [4.69, 9.17) is 0 Å². The van der Waals surface area contributed by atoms with Crippen molar-refractivity contribution >= 4 is 21.6 Å². The molecule has 0 radical (unpaired) electrons. The van der Waals surface area contributed by atoms with Crippen molar-refractivity contribution in [3.63, 3.8) is 0 Å². The Morgan fingerprint density at radius 2 is 1.88 bits per heavy atom. The number of anilines is 1. The van der Waals surface area contributed by atoms with Gasteiger partial charge in [0.15, 0.2) is 0 Å². The molecule has 1 unspecified atom stereocenters. The van der Waals surface area contributed by atoms with Crippen LogP contribution in [0, 0.1) is 5.82 Å². The fraction of sp³-hybridized carbons (Fsp3) is 0.560. The minimum absolute atomic E-state index is 0.0435. The van der Waals surface area contributed by atoms with E-state index >= 15 is 4.39 Å². The third-order valence-corrected chi connectivity index (χ3v) is 9.45. The molecule has 2 fully saturated rings. The molecule has 2 saturated heterocycles. The molecule has 2 heterocycles. The molecule has 0 saturated carbocycles. The SMILES string of the molecule is CCC(=O)N1CCN(c2ccc(CN3[C@@H](C)CCC(C4=CCCC=C4)S3(=O)=O)c(F)c2)CC1. The number of allylic oxidation sites excluding steroid dienone is 3. The van der Waals surface area contributed by atoms with Crippen LogP contribution in [0.15, 0.2) is 42.0 Å². The van der Waals surface area contributed by atoms with Crippen molar-refractivity contribution in [2.45, 2.75) is 63.8 Å². The molecule has 1 amide bonds. The Kier molecular flexibility index (Phi) is 7.24. The number of carbonyl (C=O) groups excluding carboxylic acids is 1. The minimum atomic E-state index is -3.58. The maximum atomic E-state index is 15.1. The van der Waals surface area contributed by atoms with Gasteiger partial charge >= 0.3 is 0 Å². The van der Waals surface area contributed by atoms with E-state index in [9.17, 15) is 13.2 Å². The lowest BCUT2D eigenvalue weighted by Gasteiger charge is -2.38. The van der Waals surface area contributed by atoms with Crippen LogP contribution in [-0.2, 0) is 21.4 Å². The second-order valence-electron chi connectivity index (χ2n) is 9.19. The summed E-state index contributed by atoms with van der Waals surface area (Å²) in [5.74, 6) is -0.244. The Morgan fingerprint density at radius 3 is 2.52 bits per heavy atom. The summed E-state index contributed by atoms with van der Waals surface area (Å²) in [6.07, 6.45) is 9.66. The smallest absolute Gasteiger partial charge is 0.222 e. The zero-order valence-electron chi connectivity index (χ0n) is 19.5. The van der Waals surface area contributed by atoms with Crippen molar-refractivity contribution in [1.82, 2.24) is 9.21 Å². The summed E-state index contributed by atoms with van der Waals surface area (Å²) in [5, 5.41) is -0.547. The molecule has 0 N–H and O–H groups in total. The lowest BCUT2D eigenvalue weighted by Crippen LogP contribution is -2.49. The fourth-order valence-corrected chi connectivity index (χ4v) is 7.23. The van der Waals surface area contributed by atoms with Crippen LogP contribution >= 0.6 is 0 Å². The lowest BCUT2D eigenvalue weighted by molar-refractivity contribution is -0.131. The number of carbonyl (C=O) groups is 1. The van der Waals surface area contributed by atoms with Crippen molar-refractivity contribution in [3.05, 3.63) is 53.4 Å². The Bertz CT molecular complexity index is 1040. The highest BCUT2D eigenvalue weighted by atomic mass is 32.2. The summed E-state index contributed by atoms with van der Waals surface area (Å²) in [7, 11) is -3.58. The summed E-state index contributed by atoms with van der Waals surface area (Å²) >= 11 is 0. The van der Waals surface area contributed by atoms with Gasteiger partial charge in [0, 0.05) is 56.4 Å². The van der Waals surface area contributed by atoms with E-state index in [1.807, 2.05) is 43.0 Å². The monoisotopic (exact) mass is 475 g/mol. The van der Waals surface area contributed by atoms with Crippen molar-refractivity contribution in [3.8, 4) is 0 Å². The van der Waals surface area contributed by atoms with Gasteiger partial charge in [0.2, 0.25) is 15.9 Å². The molecule has 1 aromatic rings. The van der Waals surface area contributed by atoms with Crippen LogP contribution in [0.3, 0.4) is 0 Å². The Morgan fingerprint density at radius 1 is 1.12 bits per heavy atom. The van der Waals surface area contributed by atoms with Crippen molar-refractivity contribution in [1.29, 1.82) is 0 Å². The molecule has 8 heteroatoms. The normalized spacial score (nSPS) is 25.7. The maximum absolute atomic E-state index is 15.1. The highest BCUT2D eigenvalue weighted by Crippen LogP contribution is 2.34. The fourth-order valence-electron chi connectivity index (χ4n) is 5.02. The summed E-state index contributed by atoms with van der Waals surface area (Å²) in [6.45, 7) is 6.39. The largest absolute Gasteiger partial charge is 0.368 e. The van der Waals surface area contributed by atoms with Crippen LogP contribution in [0.5, 0.6) is 0 Å². The summed E-state index contributed by atoms with van der Waals surface area (Å²) in [4.78, 5) is 15.8. The maximum Gasteiger partial charge on any atom is 0.222 e. The van der Waals surface area contributed by atoms with Gasteiger partial charge in [-0.05, 0) is 50.3 Å². The van der Waals surface area contributed by atoms with Crippen LogP contribution in [0.2, 0.25) is 0 Å². The highest BCUT2D eigenvalue weighted by molar-refractivity contribution is 7.90. The van der Waals surface area contributed by atoms with E-state index in [1.54, 1.807) is 6.07 Å². The van der Waals surface area contributed by atoms with E-state index in [2.05, 4.69) is 4.90 Å². The van der Waals surface area contributed by atoms with Crippen LogP contribution in [0.25, 0.3) is 0 Å². The third kappa shape index (κ3) is 5.01. The number of rotatable bonds is 5. The average molecular weight is 476 g/mol. The van der Waals surface area contributed by atoms with Gasteiger partial charge in [-0.1, -0.05) is 31.2 Å². The molecule has 4 rings (SSSR count). The molecule has 33 heavy (non-hydrogen) atoms. The predicted octanol–water partition coefficient (Wildman–Crippen LogP) is 3.84. The second kappa shape index (κ2) is 9.97. The zero-order valence-corrected chi connectivity index (χ0v) is 20.4. The zero-order chi connectivity index (χ0) is 23.6. The first-order chi connectivity index (χ1) is 15.8. The third-order valence-electron chi connectivity index (χ3n) is 7.08. The molecule has 0 bridgehead atoms. The van der Waals surface area contributed by atoms with Gasteiger partial charge < -0.3 is 9.80 Å². The van der Waals surface area contributed by atoms with Crippen molar-refractivity contribution < 1.29 is 17.6 Å². The molecule has 1 aliphatic carbocycles. The van der Waals surface area contributed by atoms with Gasteiger partial charge in [0.1, 0.15) is 11.1 Å². The topological polar surface area (TPSA) is 60.9 Å². The predicted molar refractivity (Wildman–Crippen MR) is 129 cm³/mol. The number of sulfonamides is 1. The Balaban J connectivity index is 1.48. The van der Waals surface area contributed by atoms with Crippen LogP contribution in [0.4, 0.5) is 10.1 Å². The number of halogens is 1. The summed E-state index contributed by atoms with van der Waals surface area (Å²) in [6, 6.07) is 4.90. The molecular weight excluding hydrogens is 441 g/mol. The van der Waals surface area contributed by atoms with E-state index in [-0.39, 0.29) is 24.3 Å². The van der Waals surface area contributed by atoms with E-state index in [0.29, 0.717) is 44.6 Å². The van der Waals surface area contributed by atoms with Crippen LogP contribution in [-0.4, -0.2) is 61.0 Å². The van der Waals surface area contributed by atoms with Gasteiger partial charge in [-0.2, -0.15) is 4.31 Å². The first kappa shape index (κ1) is 24.0. The van der Waals surface area contributed by atoms with E-state index in [0.717, 1.165) is 30.5 Å². The molecule has 0 spiro atoms. The molecule has 2 atom stereocenters. The standard InChI is InChI=1S/C25H34FN3O3S/c1-3-25(30)28-15-13-27(14-16-28)22-11-10-21(23(26)17-22)18-29-19(2)9-12-24(33(29,31)32)20-7-5-4-6-8-20/h5,7-8,10-11,17,19,24H,3-4,6,9,12-16,18H2,1-2H3/t19-,24?/m0/s1. The van der Waals surface area contributed by atoms with Gasteiger partial charge in [0.25, 0.3) is 0 Å². The molecule has 2 aliphatic heterocycles. The van der Waals surface area contributed by atoms with Gasteiger partial charge in [-0.25, -0.2) is 12.8 Å². The van der Waals surface area contributed by atoms with Crippen LogP contribution in [0.1, 0.15) is 51.5 Å². The number of piperazine rings is 1. The Labute approximate surface area is 196 Å². The summed E-state index contributed by atoms with van der Waals surface area (Å²) in [5.41, 5.74) is 2.03. The lowest BCUT2D eigenvalue weighted by atomic mass is 9.99. The molecule has 0 aromatic heterocycles. The first-order valence-electron chi connectivity index (χ1n) is 12.0. The second-order valence-corrected chi connectivity index (χ2v) is 11.3. The van der Waals surface area contributed by atoms with Crippen molar-refractivity contribution in [2.24, 2.45) is 0 Å². The minimum Gasteiger partial charge on any atom is -0.368 e. The Hall–Kier alpha value is -2.19. The molecule has 3 aliphatic rings. The van der Waals surface area contributed by atoms with Crippen molar-refractivity contribution in [2.75, 3.05) is 31.1 Å². The summed E-state index contributed by atoms with van der Waals surface area (Å²) < 4.78 is 43.5. The molecular formula is C25H34FN3O3S. The van der Waals surface area contributed by atoms with Crippen LogP contribution < -0.4 is 4.90 Å². The van der Waals surface area contributed by atoms with E-state index < -0.39 is 15.3 Å². The molecule has 6 nitrogen and oxygen atoms in total. The average Bonchev–Trinajstić information content (AvgIpc) is 2.82. The number of hydrogen-bond donors (Lipinski definition) is 0. The highest BCUT2D eigenvalue weighted by Gasteiger charge is 2.41. The van der Waals surface area contributed by atoms with Gasteiger partial charge in [-0.3, -0.25) is 4.79 Å². The van der Waals surface area contributed by atoms with E-state index in [1.165, 1.54) is 10.4 Å². The number of hydrogen-bond acceptors (Lipinski definition) is 4. The quantitative estimate of drug-likeness (QED) is 0.649. The molecule has 180 valence electrons. The first-order valence-corrected chi connectivity index (χ1v) is 13.5. The van der Waals surface area contributed by atoms with Gasteiger partial charge in [-0.15, -0.1) is 0 Å². The number of nitrogens with zero attached hydrogens (tertiary/aromatic N) is 3. The van der Waals surface area contributed by atoms with Gasteiger partial charge in [0.05, 0.1) is 0 Å². The number of amides is 1.